The first-order valence-corrected chi connectivity index (χ1v) is 9.21. The fourth-order valence-electron chi connectivity index (χ4n) is 3.40. The summed E-state index contributed by atoms with van der Waals surface area (Å²) in [6, 6.07) is 4.08. The Hall–Kier alpha value is -2.73. The van der Waals surface area contributed by atoms with Crippen molar-refractivity contribution in [2.75, 3.05) is 11.4 Å². The largest absolute Gasteiger partial charge is 0.347 e. The average molecular weight is 382 g/mol. The number of fused-ring (bicyclic) bond motifs is 1. The molecule has 0 saturated carbocycles. The third kappa shape index (κ3) is 3.32. The van der Waals surface area contributed by atoms with E-state index in [0.717, 1.165) is 47.1 Å². The van der Waals surface area contributed by atoms with Crippen molar-refractivity contribution in [3.63, 3.8) is 0 Å². The SMILES string of the molecule is CC(=O)c1cn2c(n1)CN(c1cc(-c3ncc(C)cc3C)c(Cl)cn1)CC2. The molecule has 1 aliphatic heterocycles. The van der Waals surface area contributed by atoms with Crippen LogP contribution in [-0.2, 0) is 13.1 Å². The minimum absolute atomic E-state index is 0.0173. The second-order valence-electron chi connectivity index (χ2n) is 6.91. The minimum Gasteiger partial charge on any atom is -0.347 e. The Labute approximate surface area is 162 Å². The zero-order chi connectivity index (χ0) is 19.1. The van der Waals surface area contributed by atoms with Gasteiger partial charge in [0.05, 0.1) is 17.3 Å². The summed E-state index contributed by atoms with van der Waals surface area (Å²) < 4.78 is 2.04. The molecule has 0 fully saturated rings. The van der Waals surface area contributed by atoms with Crippen LogP contribution < -0.4 is 4.90 Å². The molecule has 0 N–H and O–H groups in total. The normalized spacial score (nSPS) is 13.6. The second kappa shape index (κ2) is 6.78. The van der Waals surface area contributed by atoms with Gasteiger partial charge < -0.3 is 9.47 Å². The molecule has 0 atom stereocenters. The minimum atomic E-state index is -0.0173. The van der Waals surface area contributed by atoms with Crippen LogP contribution in [0.2, 0.25) is 5.02 Å². The molecule has 1 aliphatic rings. The Bertz CT molecular complexity index is 1040. The van der Waals surface area contributed by atoms with Gasteiger partial charge in [0.15, 0.2) is 5.78 Å². The van der Waals surface area contributed by atoms with Crippen LogP contribution in [-0.4, -0.2) is 31.8 Å². The summed E-state index contributed by atoms with van der Waals surface area (Å²) in [5.41, 5.74) is 4.44. The van der Waals surface area contributed by atoms with Crippen LogP contribution in [0.25, 0.3) is 11.3 Å². The van der Waals surface area contributed by atoms with Gasteiger partial charge in [-0.25, -0.2) is 9.97 Å². The van der Waals surface area contributed by atoms with Crippen LogP contribution >= 0.6 is 11.6 Å². The van der Waals surface area contributed by atoms with Crippen LogP contribution in [0.1, 0.15) is 34.4 Å². The number of ketones is 1. The molecule has 27 heavy (non-hydrogen) atoms. The maximum atomic E-state index is 11.6. The summed E-state index contributed by atoms with van der Waals surface area (Å²) >= 11 is 6.43. The monoisotopic (exact) mass is 381 g/mol. The lowest BCUT2D eigenvalue weighted by atomic mass is 10.1. The van der Waals surface area contributed by atoms with Crippen molar-refractivity contribution in [1.82, 2.24) is 19.5 Å². The standard InChI is InChI=1S/C20H20ClN5O/c1-12-6-13(2)20(23-8-12)15-7-18(22-9-16(15)21)26-5-4-25-10-17(14(3)27)24-19(25)11-26/h6-10H,4-5,11H2,1-3H3. The molecule has 0 spiro atoms. The first-order chi connectivity index (χ1) is 12.9. The Morgan fingerprint density at radius 1 is 1.15 bits per heavy atom. The molecule has 0 saturated heterocycles. The van der Waals surface area contributed by atoms with Crippen molar-refractivity contribution < 1.29 is 4.79 Å². The van der Waals surface area contributed by atoms with Gasteiger partial charge in [-0.05, 0) is 31.0 Å². The number of Topliss-reactive ketones (excluding diaryl/α,β-unsaturated/α-hetero) is 1. The lowest BCUT2D eigenvalue weighted by Crippen LogP contribution is -2.34. The highest BCUT2D eigenvalue weighted by Gasteiger charge is 2.22. The van der Waals surface area contributed by atoms with Crippen molar-refractivity contribution in [3.05, 3.63) is 58.4 Å². The van der Waals surface area contributed by atoms with Gasteiger partial charge in [-0.3, -0.25) is 9.78 Å². The fourth-order valence-corrected chi connectivity index (χ4v) is 3.59. The molecule has 0 unspecified atom stereocenters. The van der Waals surface area contributed by atoms with Crippen LogP contribution in [0.15, 0.2) is 30.7 Å². The fraction of sp³-hybridized carbons (Fsp3) is 0.300. The predicted molar refractivity (Wildman–Crippen MR) is 105 cm³/mol. The molecule has 3 aromatic heterocycles. The van der Waals surface area contributed by atoms with E-state index < -0.39 is 0 Å². The summed E-state index contributed by atoms with van der Waals surface area (Å²) in [6.45, 7) is 7.74. The van der Waals surface area contributed by atoms with Crippen molar-refractivity contribution in [2.45, 2.75) is 33.9 Å². The molecule has 0 aliphatic carbocycles. The van der Waals surface area contributed by atoms with Gasteiger partial charge in [-0.15, -0.1) is 0 Å². The highest BCUT2D eigenvalue weighted by molar-refractivity contribution is 6.33. The van der Waals surface area contributed by atoms with Gasteiger partial charge in [0, 0.05) is 44.2 Å². The zero-order valence-electron chi connectivity index (χ0n) is 15.5. The van der Waals surface area contributed by atoms with E-state index in [2.05, 4.69) is 25.9 Å². The number of aromatic nitrogens is 4. The average Bonchev–Trinajstić information content (AvgIpc) is 3.06. The maximum absolute atomic E-state index is 11.6. The van der Waals surface area contributed by atoms with Crippen molar-refractivity contribution in [3.8, 4) is 11.3 Å². The van der Waals surface area contributed by atoms with E-state index >= 15 is 0 Å². The quantitative estimate of drug-likeness (QED) is 0.645. The summed E-state index contributed by atoms with van der Waals surface area (Å²) in [5.74, 6) is 1.68. The van der Waals surface area contributed by atoms with Crippen molar-refractivity contribution >= 4 is 23.2 Å². The molecule has 4 rings (SSSR count). The van der Waals surface area contributed by atoms with Crippen molar-refractivity contribution in [2.24, 2.45) is 0 Å². The highest BCUT2D eigenvalue weighted by atomic mass is 35.5. The van der Waals surface area contributed by atoms with E-state index in [1.807, 2.05) is 36.9 Å². The van der Waals surface area contributed by atoms with Crippen LogP contribution in [0.3, 0.4) is 0 Å². The number of hydrogen-bond donors (Lipinski definition) is 0. The summed E-state index contributed by atoms with van der Waals surface area (Å²) in [6.07, 6.45) is 5.35. The third-order valence-corrected chi connectivity index (χ3v) is 5.10. The van der Waals surface area contributed by atoms with E-state index in [1.165, 1.54) is 6.92 Å². The predicted octanol–water partition coefficient (Wildman–Crippen LogP) is 3.83. The van der Waals surface area contributed by atoms with Gasteiger partial charge in [0.2, 0.25) is 0 Å². The van der Waals surface area contributed by atoms with E-state index in [1.54, 1.807) is 6.20 Å². The number of halogens is 1. The maximum Gasteiger partial charge on any atom is 0.179 e. The first-order valence-electron chi connectivity index (χ1n) is 8.83. The zero-order valence-corrected chi connectivity index (χ0v) is 16.3. The lowest BCUT2D eigenvalue weighted by molar-refractivity contribution is 0.101. The number of pyridine rings is 2. The van der Waals surface area contributed by atoms with Gasteiger partial charge in [0.25, 0.3) is 0 Å². The molecule has 4 heterocycles. The Morgan fingerprint density at radius 2 is 1.96 bits per heavy atom. The topological polar surface area (TPSA) is 63.9 Å². The van der Waals surface area contributed by atoms with Crippen molar-refractivity contribution in [1.29, 1.82) is 0 Å². The molecule has 7 heteroatoms. The Kier molecular flexibility index (Phi) is 4.44. The Balaban J connectivity index is 1.68. The molecule has 3 aromatic rings. The van der Waals surface area contributed by atoms with E-state index in [-0.39, 0.29) is 5.78 Å². The van der Waals surface area contributed by atoms with Gasteiger partial charge in [0.1, 0.15) is 17.3 Å². The van der Waals surface area contributed by atoms with E-state index in [4.69, 9.17) is 11.6 Å². The molecular weight excluding hydrogens is 362 g/mol. The number of hydrogen-bond acceptors (Lipinski definition) is 5. The van der Waals surface area contributed by atoms with Crippen LogP contribution in [0.5, 0.6) is 0 Å². The number of rotatable bonds is 3. The number of carbonyl (C=O) groups excluding carboxylic acids is 1. The third-order valence-electron chi connectivity index (χ3n) is 4.80. The van der Waals surface area contributed by atoms with Crippen LogP contribution in [0.4, 0.5) is 5.82 Å². The summed E-state index contributed by atoms with van der Waals surface area (Å²) in [4.78, 5) is 27.3. The lowest BCUT2D eigenvalue weighted by Gasteiger charge is -2.29. The van der Waals surface area contributed by atoms with E-state index in [0.29, 0.717) is 17.3 Å². The van der Waals surface area contributed by atoms with Crippen LogP contribution in [0, 0.1) is 13.8 Å². The molecular formula is C20H20ClN5O. The molecule has 0 bridgehead atoms. The highest BCUT2D eigenvalue weighted by Crippen LogP contribution is 2.32. The number of carbonyl (C=O) groups is 1. The van der Waals surface area contributed by atoms with Gasteiger partial charge in [-0.1, -0.05) is 17.7 Å². The molecule has 0 amide bonds. The molecule has 6 nitrogen and oxygen atoms in total. The number of anilines is 1. The van der Waals surface area contributed by atoms with E-state index in [9.17, 15) is 4.79 Å². The summed E-state index contributed by atoms with van der Waals surface area (Å²) in [5, 5.41) is 0.579. The Morgan fingerprint density at radius 3 is 2.70 bits per heavy atom. The molecule has 0 aromatic carbocycles. The molecule has 138 valence electrons. The number of imidazole rings is 1. The second-order valence-corrected chi connectivity index (χ2v) is 7.32. The van der Waals surface area contributed by atoms with Gasteiger partial charge in [-0.2, -0.15) is 0 Å². The first kappa shape index (κ1) is 17.7. The molecule has 0 radical (unpaired) electrons. The number of nitrogens with zero attached hydrogens (tertiary/aromatic N) is 5. The number of aryl methyl sites for hydroxylation is 2. The smallest absolute Gasteiger partial charge is 0.179 e. The van der Waals surface area contributed by atoms with Gasteiger partial charge >= 0.3 is 0 Å². The summed E-state index contributed by atoms with van der Waals surface area (Å²) in [7, 11) is 0.